The highest BCUT2D eigenvalue weighted by Gasteiger charge is 2.05. The molecule has 0 aliphatic carbocycles. The normalized spacial score (nSPS) is 11.5. The van der Waals surface area contributed by atoms with Crippen molar-refractivity contribution in [3.8, 4) is 16.9 Å². The standard InChI is InChI=1S/C21H25N3O/c1-4-25-19-9-5-8-17(13-19)18-10-11-20(21(14-18)23-3)24-15-16(2)7-6-12-22/h5-14,24H,3-4,15,22H2,1-2H3/b12-6-,16-7+. The van der Waals surface area contributed by atoms with E-state index in [1.807, 2.05) is 56.3 Å². The van der Waals surface area contributed by atoms with E-state index in [4.69, 9.17) is 10.5 Å². The van der Waals surface area contributed by atoms with Gasteiger partial charge >= 0.3 is 0 Å². The molecule has 0 spiro atoms. The van der Waals surface area contributed by atoms with Gasteiger partial charge in [-0.1, -0.05) is 29.8 Å². The first kappa shape index (κ1) is 18.3. The minimum absolute atomic E-state index is 0.651. The molecule has 0 atom stereocenters. The highest BCUT2D eigenvalue weighted by molar-refractivity contribution is 5.77. The lowest BCUT2D eigenvalue weighted by atomic mass is 10.0. The number of nitrogens with zero attached hydrogens (tertiary/aromatic N) is 1. The molecule has 0 fully saturated rings. The number of benzene rings is 2. The van der Waals surface area contributed by atoms with Gasteiger partial charge in [0.05, 0.1) is 18.0 Å². The Hall–Kier alpha value is -3.01. The van der Waals surface area contributed by atoms with E-state index < -0.39 is 0 Å². The summed E-state index contributed by atoms with van der Waals surface area (Å²) < 4.78 is 5.58. The predicted octanol–water partition coefficient (Wildman–Crippen LogP) is 4.92. The average molecular weight is 335 g/mol. The zero-order valence-electron chi connectivity index (χ0n) is 14.8. The molecule has 0 amide bonds. The quantitative estimate of drug-likeness (QED) is 0.532. The predicted molar refractivity (Wildman–Crippen MR) is 108 cm³/mol. The molecule has 0 bridgehead atoms. The minimum Gasteiger partial charge on any atom is -0.494 e. The summed E-state index contributed by atoms with van der Waals surface area (Å²) in [4.78, 5) is 4.16. The minimum atomic E-state index is 0.651. The number of ether oxygens (including phenoxy) is 1. The van der Waals surface area contributed by atoms with E-state index in [9.17, 15) is 0 Å². The molecular weight excluding hydrogens is 310 g/mol. The van der Waals surface area contributed by atoms with Crippen molar-refractivity contribution in [3.63, 3.8) is 0 Å². The van der Waals surface area contributed by atoms with Gasteiger partial charge in [-0.25, -0.2) is 0 Å². The lowest BCUT2D eigenvalue weighted by molar-refractivity contribution is 0.340. The lowest BCUT2D eigenvalue weighted by Gasteiger charge is -2.12. The molecule has 2 rings (SSSR count). The Morgan fingerprint density at radius 1 is 1.24 bits per heavy atom. The van der Waals surface area contributed by atoms with E-state index in [2.05, 4.69) is 29.2 Å². The Bertz CT molecular complexity index is 778. The van der Waals surface area contributed by atoms with Gasteiger partial charge in [-0.3, -0.25) is 4.99 Å². The molecule has 0 radical (unpaired) electrons. The van der Waals surface area contributed by atoms with Crippen molar-refractivity contribution in [2.75, 3.05) is 18.5 Å². The van der Waals surface area contributed by atoms with Gasteiger partial charge < -0.3 is 15.8 Å². The fourth-order valence-corrected chi connectivity index (χ4v) is 2.44. The summed E-state index contributed by atoms with van der Waals surface area (Å²) >= 11 is 0. The Morgan fingerprint density at radius 2 is 2.04 bits per heavy atom. The van der Waals surface area contributed by atoms with Crippen molar-refractivity contribution in [3.05, 3.63) is 66.4 Å². The molecule has 3 N–H and O–H groups in total. The Balaban J connectivity index is 2.21. The Labute approximate surface area is 149 Å². The van der Waals surface area contributed by atoms with Crippen LogP contribution in [0.5, 0.6) is 5.75 Å². The van der Waals surface area contributed by atoms with Crippen LogP contribution in [-0.4, -0.2) is 19.9 Å². The fraction of sp³-hybridized carbons (Fsp3) is 0.190. The molecule has 4 heteroatoms. The zero-order chi connectivity index (χ0) is 18.1. The van der Waals surface area contributed by atoms with E-state index in [0.717, 1.165) is 28.3 Å². The topological polar surface area (TPSA) is 59.6 Å². The van der Waals surface area contributed by atoms with Crippen LogP contribution in [0.25, 0.3) is 11.1 Å². The van der Waals surface area contributed by atoms with Gasteiger partial charge in [-0.15, -0.1) is 0 Å². The zero-order valence-corrected chi connectivity index (χ0v) is 14.8. The third kappa shape index (κ3) is 5.24. The maximum atomic E-state index is 5.58. The fourth-order valence-electron chi connectivity index (χ4n) is 2.44. The second-order valence-corrected chi connectivity index (χ2v) is 5.60. The summed E-state index contributed by atoms with van der Waals surface area (Å²) in [5, 5.41) is 3.38. The van der Waals surface area contributed by atoms with E-state index in [1.165, 1.54) is 11.8 Å². The maximum absolute atomic E-state index is 5.58. The molecule has 130 valence electrons. The van der Waals surface area contributed by atoms with Crippen LogP contribution in [0.2, 0.25) is 0 Å². The molecule has 0 aliphatic heterocycles. The molecule has 0 saturated carbocycles. The molecule has 0 aromatic heterocycles. The molecule has 2 aromatic carbocycles. The second kappa shape index (κ2) is 9.33. The smallest absolute Gasteiger partial charge is 0.119 e. The van der Waals surface area contributed by atoms with Crippen LogP contribution >= 0.6 is 0 Å². The van der Waals surface area contributed by atoms with Crippen molar-refractivity contribution in [1.82, 2.24) is 0 Å². The monoisotopic (exact) mass is 335 g/mol. The third-order valence-corrected chi connectivity index (χ3v) is 3.70. The van der Waals surface area contributed by atoms with Crippen molar-refractivity contribution in [2.24, 2.45) is 10.7 Å². The van der Waals surface area contributed by atoms with Gasteiger partial charge in [0.15, 0.2) is 0 Å². The van der Waals surface area contributed by atoms with E-state index >= 15 is 0 Å². The van der Waals surface area contributed by atoms with E-state index in [-0.39, 0.29) is 0 Å². The van der Waals surface area contributed by atoms with Crippen molar-refractivity contribution in [1.29, 1.82) is 0 Å². The highest BCUT2D eigenvalue weighted by Crippen LogP contribution is 2.32. The first-order valence-corrected chi connectivity index (χ1v) is 8.29. The van der Waals surface area contributed by atoms with Gasteiger partial charge in [0.1, 0.15) is 5.75 Å². The first-order chi connectivity index (χ1) is 12.2. The third-order valence-electron chi connectivity index (χ3n) is 3.70. The maximum Gasteiger partial charge on any atom is 0.119 e. The number of anilines is 1. The van der Waals surface area contributed by atoms with Gasteiger partial charge in [0, 0.05) is 6.54 Å². The van der Waals surface area contributed by atoms with Crippen molar-refractivity contribution in [2.45, 2.75) is 13.8 Å². The molecule has 0 unspecified atom stereocenters. The number of rotatable bonds is 8. The van der Waals surface area contributed by atoms with Crippen LogP contribution in [0.15, 0.2) is 71.4 Å². The summed E-state index contributed by atoms with van der Waals surface area (Å²) in [6.07, 6.45) is 5.31. The van der Waals surface area contributed by atoms with Crippen LogP contribution in [0, 0.1) is 0 Å². The van der Waals surface area contributed by atoms with Crippen molar-refractivity contribution >= 4 is 18.1 Å². The van der Waals surface area contributed by atoms with Crippen LogP contribution in [0.4, 0.5) is 11.4 Å². The Kier molecular flexibility index (Phi) is 6.84. The molecule has 25 heavy (non-hydrogen) atoms. The number of hydrogen-bond donors (Lipinski definition) is 2. The summed E-state index contributed by atoms with van der Waals surface area (Å²) in [6, 6.07) is 14.2. The number of allylic oxidation sites excluding steroid dienone is 2. The Morgan fingerprint density at radius 3 is 2.76 bits per heavy atom. The van der Waals surface area contributed by atoms with Gasteiger partial charge in [0.2, 0.25) is 0 Å². The number of hydrogen-bond acceptors (Lipinski definition) is 4. The highest BCUT2D eigenvalue weighted by atomic mass is 16.5. The molecular formula is C21H25N3O. The van der Waals surface area contributed by atoms with Gasteiger partial charge in [-0.05, 0) is 68.2 Å². The molecule has 0 saturated heterocycles. The number of nitrogens with one attached hydrogen (secondary N) is 1. The summed E-state index contributed by atoms with van der Waals surface area (Å²) in [7, 11) is 0. The molecule has 0 aliphatic rings. The van der Waals surface area contributed by atoms with Gasteiger partial charge in [0.25, 0.3) is 0 Å². The van der Waals surface area contributed by atoms with Crippen LogP contribution in [0.1, 0.15) is 13.8 Å². The first-order valence-electron chi connectivity index (χ1n) is 8.29. The summed E-state index contributed by atoms with van der Waals surface area (Å²) in [5.41, 5.74) is 10.5. The molecule has 0 heterocycles. The van der Waals surface area contributed by atoms with Crippen molar-refractivity contribution < 1.29 is 4.74 Å². The number of aliphatic imine (C=N–C) groups is 1. The number of nitrogens with two attached hydrogens (primary N) is 1. The SMILES string of the molecule is C=Nc1cc(-c2cccc(OCC)c2)ccc1NC/C(C)=C/C=C\N. The molecule has 4 nitrogen and oxygen atoms in total. The average Bonchev–Trinajstić information content (AvgIpc) is 2.65. The van der Waals surface area contributed by atoms with E-state index in [1.54, 1.807) is 0 Å². The summed E-state index contributed by atoms with van der Waals surface area (Å²) in [6.45, 7) is 9.08. The van der Waals surface area contributed by atoms with Crippen LogP contribution in [0.3, 0.4) is 0 Å². The van der Waals surface area contributed by atoms with Crippen LogP contribution < -0.4 is 15.8 Å². The van der Waals surface area contributed by atoms with Crippen LogP contribution in [-0.2, 0) is 0 Å². The summed E-state index contributed by atoms with van der Waals surface area (Å²) in [5.74, 6) is 0.865. The van der Waals surface area contributed by atoms with Gasteiger partial charge in [-0.2, -0.15) is 0 Å². The largest absolute Gasteiger partial charge is 0.494 e. The second-order valence-electron chi connectivity index (χ2n) is 5.60. The lowest BCUT2D eigenvalue weighted by Crippen LogP contribution is -2.02. The molecule has 2 aromatic rings. The van der Waals surface area contributed by atoms with E-state index in [0.29, 0.717) is 13.2 Å².